The van der Waals surface area contributed by atoms with Crippen molar-refractivity contribution in [1.82, 2.24) is 9.97 Å². The predicted octanol–water partition coefficient (Wildman–Crippen LogP) is 2.84. The first-order valence-corrected chi connectivity index (χ1v) is 6.73. The molecule has 0 amide bonds. The van der Waals surface area contributed by atoms with Crippen molar-refractivity contribution in [1.29, 1.82) is 0 Å². The Hall–Kier alpha value is -1.53. The third-order valence-corrected chi connectivity index (χ3v) is 3.52. The molecule has 18 heavy (non-hydrogen) atoms. The number of hydrogen-bond donors (Lipinski definition) is 2. The number of pyridine rings is 1. The number of aryl methyl sites for hydroxylation is 3. The second-order valence-electron chi connectivity index (χ2n) is 4.05. The Morgan fingerprint density at radius 1 is 1.28 bits per heavy atom. The molecule has 0 saturated carbocycles. The zero-order valence-corrected chi connectivity index (χ0v) is 12.1. The van der Waals surface area contributed by atoms with Crippen LogP contribution >= 0.6 is 23.6 Å². The van der Waals surface area contributed by atoms with Crippen LogP contribution in [-0.4, -0.2) is 15.0 Å². The largest absolute Gasteiger partial charge is 0.389 e. The van der Waals surface area contributed by atoms with Crippen LogP contribution < -0.4 is 11.1 Å². The molecule has 0 aliphatic carbocycles. The first-order chi connectivity index (χ1) is 8.47. The fourth-order valence-corrected chi connectivity index (χ4v) is 2.72. The fraction of sp³-hybridized carbons (Fsp3) is 0.250. The Kier molecular flexibility index (Phi) is 3.58. The van der Waals surface area contributed by atoms with Gasteiger partial charge in [0.25, 0.3) is 0 Å². The zero-order chi connectivity index (χ0) is 13.3. The lowest BCUT2D eigenvalue weighted by molar-refractivity contribution is 1.11. The molecule has 3 N–H and O–H groups in total. The molecule has 0 aromatic carbocycles. The maximum Gasteiger partial charge on any atom is 0.187 e. The number of thiocarbonyl (C=S) groups is 1. The van der Waals surface area contributed by atoms with E-state index in [4.69, 9.17) is 18.0 Å². The van der Waals surface area contributed by atoms with Gasteiger partial charge in [-0.1, -0.05) is 12.2 Å². The summed E-state index contributed by atoms with van der Waals surface area (Å²) in [5.41, 5.74) is 10.1. The SMILES string of the molecule is Cc1csc(Nc2cc(C)nc(C)c2C(N)=S)n1. The third kappa shape index (κ3) is 2.65. The molecule has 0 spiro atoms. The summed E-state index contributed by atoms with van der Waals surface area (Å²) in [6.07, 6.45) is 0. The zero-order valence-electron chi connectivity index (χ0n) is 10.4. The molecule has 2 aromatic rings. The Morgan fingerprint density at radius 3 is 2.56 bits per heavy atom. The van der Waals surface area contributed by atoms with Crippen LogP contribution in [0.15, 0.2) is 11.4 Å². The van der Waals surface area contributed by atoms with E-state index >= 15 is 0 Å². The van der Waals surface area contributed by atoms with E-state index in [0.29, 0.717) is 4.99 Å². The lowest BCUT2D eigenvalue weighted by atomic mass is 10.1. The Balaban J connectivity index is 2.45. The molecule has 0 atom stereocenters. The minimum Gasteiger partial charge on any atom is -0.389 e. The molecule has 2 aromatic heterocycles. The number of nitrogens with one attached hydrogen (secondary N) is 1. The second kappa shape index (κ2) is 4.99. The number of thiazole rings is 1. The molecule has 0 bridgehead atoms. The van der Waals surface area contributed by atoms with E-state index in [0.717, 1.165) is 33.5 Å². The Morgan fingerprint density at radius 2 is 2.00 bits per heavy atom. The molecule has 6 heteroatoms. The predicted molar refractivity (Wildman–Crippen MR) is 79.7 cm³/mol. The average molecular weight is 278 g/mol. The lowest BCUT2D eigenvalue weighted by Crippen LogP contribution is -2.15. The Labute approximate surface area is 115 Å². The van der Waals surface area contributed by atoms with E-state index in [9.17, 15) is 0 Å². The summed E-state index contributed by atoms with van der Waals surface area (Å²) in [5, 5.41) is 6.07. The van der Waals surface area contributed by atoms with E-state index in [1.807, 2.05) is 32.2 Å². The van der Waals surface area contributed by atoms with Gasteiger partial charge in [-0.05, 0) is 26.8 Å². The van der Waals surface area contributed by atoms with Crippen LogP contribution in [0.2, 0.25) is 0 Å². The topological polar surface area (TPSA) is 63.8 Å². The highest BCUT2D eigenvalue weighted by Crippen LogP contribution is 2.25. The molecule has 2 rings (SSSR count). The van der Waals surface area contributed by atoms with E-state index < -0.39 is 0 Å². The number of hydrogen-bond acceptors (Lipinski definition) is 5. The molecule has 0 radical (unpaired) electrons. The van der Waals surface area contributed by atoms with Crippen molar-refractivity contribution >= 4 is 39.4 Å². The average Bonchev–Trinajstić information content (AvgIpc) is 2.62. The minimum absolute atomic E-state index is 0.343. The van der Waals surface area contributed by atoms with Gasteiger partial charge in [-0.15, -0.1) is 11.3 Å². The van der Waals surface area contributed by atoms with Gasteiger partial charge in [-0.2, -0.15) is 0 Å². The van der Waals surface area contributed by atoms with Crippen molar-refractivity contribution in [3.8, 4) is 0 Å². The molecular formula is C12H14N4S2. The molecule has 0 aliphatic heterocycles. The molecule has 94 valence electrons. The van der Waals surface area contributed by atoms with Gasteiger partial charge in [-0.25, -0.2) is 4.98 Å². The third-order valence-electron chi connectivity index (χ3n) is 2.44. The van der Waals surface area contributed by atoms with Crippen LogP contribution in [-0.2, 0) is 0 Å². The second-order valence-corrected chi connectivity index (χ2v) is 5.35. The number of nitrogens with zero attached hydrogens (tertiary/aromatic N) is 2. The summed E-state index contributed by atoms with van der Waals surface area (Å²) < 4.78 is 0. The molecule has 4 nitrogen and oxygen atoms in total. The lowest BCUT2D eigenvalue weighted by Gasteiger charge is -2.12. The van der Waals surface area contributed by atoms with Gasteiger partial charge in [0.05, 0.1) is 16.9 Å². The number of nitrogens with two attached hydrogens (primary N) is 1. The van der Waals surface area contributed by atoms with Gasteiger partial charge in [-0.3, -0.25) is 4.98 Å². The highest BCUT2D eigenvalue weighted by Gasteiger charge is 2.12. The maximum atomic E-state index is 5.76. The van der Waals surface area contributed by atoms with Crippen molar-refractivity contribution in [2.45, 2.75) is 20.8 Å². The molecule has 0 unspecified atom stereocenters. The van der Waals surface area contributed by atoms with Gasteiger partial charge in [0, 0.05) is 16.8 Å². The van der Waals surface area contributed by atoms with E-state index in [-0.39, 0.29) is 0 Å². The summed E-state index contributed by atoms with van der Waals surface area (Å²) in [4.78, 5) is 9.09. The fourth-order valence-electron chi connectivity index (χ4n) is 1.76. The standard InChI is InChI=1S/C12H14N4S2/c1-6-4-9(10(11(13)17)8(3)14-6)16-12-15-7(2)5-18-12/h4-5H,1-3H3,(H2,13,17)(H,14,15,16). The van der Waals surface area contributed by atoms with Crippen molar-refractivity contribution in [2.75, 3.05) is 5.32 Å². The number of anilines is 2. The van der Waals surface area contributed by atoms with Crippen LogP contribution in [0.4, 0.5) is 10.8 Å². The van der Waals surface area contributed by atoms with E-state index in [1.165, 1.54) is 0 Å². The first kappa shape index (κ1) is 12.9. The summed E-state index contributed by atoms with van der Waals surface area (Å²) in [6, 6.07) is 1.93. The summed E-state index contributed by atoms with van der Waals surface area (Å²) >= 11 is 6.63. The highest BCUT2D eigenvalue weighted by atomic mass is 32.1. The molecule has 0 saturated heterocycles. The molecule has 0 fully saturated rings. The Bertz CT molecular complexity index is 604. The quantitative estimate of drug-likeness (QED) is 0.845. The maximum absolute atomic E-state index is 5.76. The summed E-state index contributed by atoms with van der Waals surface area (Å²) in [7, 11) is 0. The first-order valence-electron chi connectivity index (χ1n) is 5.44. The number of rotatable bonds is 3. The molecule has 0 aliphatic rings. The van der Waals surface area contributed by atoms with Gasteiger partial charge >= 0.3 is 0 Å². The van der Waals surface area contributed by atoms with Crippen LogP contribution in [0.1, 0.15) is 22.6 Å². The monoisotopic (exact) mass is 278 g/mol. The van der Waals surface area contributed by atoms with Crippen molar-refractivity contribution in [2.24, 2.45) is 5.73 Å². The van der Waals surface area contributed by atoms with E-state index in [1.54, 1.807) is 11.3 Å². The van der Waals surface area contributed by atoms with Gasteiger partial charge in [0.2, 0.25) is 0 Å². The highest BCUT2D eigenvalue weighted by molar-refractivity contribution is 7.80. The smallest absolute Gasteiger partial charge is 0.187 e. The van der Waals surface area contributed by atoms with E-state index in [2.05, 4.69) is 15.3 Å². The van der Waals surface area contributed by atoms with Crippen molar-refractivity contribution in [3.63, 3.8) is 0 Å². The summed E-state index contributed by atoms with van der Waals surface area (Å²) in [5.74, 6) is 0. The molecular weight excluding hydrogens is 264 g/mol. The summed E-state index contributed by atoms with van der Waals surface area (Å²) in [6.45, 7) is 5.80. The van der Waals surface area contributed by atoms with Crippen molar-refractivity contribution < 1.29 is 0 Å². The van der Waals surface area contributed by atoms with Crippen LogP contribution in [0.25, 0.3) is 0 Å². The van der Waals surface area contributed by atoms with Crippen LogP contribution in [0.5, 0.6) is 0 Å². The van der Waals surface area contributed by atoms with Gasteiger partial charge < -0.3 is 11.1 Å². The van der Waals surface area contributed by atoms with Crippen LogP contribution in [0.3, 0.4) is 0 Å². The number of aromatic nitrogens is 2. The minimum atomic E-state index is 0.343. The normalized spacial score (nSPS) is 10.4. The molecule has 2 heterocycles. The van der Waals surface area contributed by atoms with Gasteiger partial charge in [0.15, 0.2) is 5.13 Å². The van der Waals surface area contributed by atoms with Gasteiger partial charge in [0.1, 0.15) is 4.99 Å². The van der Waals surface area contributed by atoms with Crippen molar-refractivity contribution in [3.05, 3.63) is 34.1 Å². The van der Waals surface area contributed by atoms with Crippen LogP contribution in [0, 0.1) is 20.8 Å².